The van der Waals surface area contributed by atoms with Crippen molar-refractivity contribution < 1.29 is 22.7 Å². The summed E-state index contributed by atoms with van der Waals surface area (Å²) in [5, 5.41) is 1.71. The van der Waals surface area contributed by atoms with Crippen molar-refractivity contribution >= 4 is 33.0 Å². The normalized spacial score (nSPS) is 16.9. The average molecular weight is 414 g/mol. The van der Waals surface area contributed by atoms with Gasteiger partial charge in [0.2, 0.25) is 5.91 Å². The van der Waals surface area contributed by atoms with Crippen LogP contribution in [0.2, 0.25) is 0 Å². The molecule has 0 saturated carbocycles. The fourth-order valence-corrected chi connectivity index (χ4v) is 5.10. The van der Waals surface area contributed by atoms with Gasteiger partial charge in [0.1, 0.15) is 5.75 Å². The summed E-state index contributed by atoms with van der Waals surface area (Å²) >= 11 is 0. The first-order valence-corrected chi connectivity index (χ1v) is 11.1. The van der Waals surface area contributed by atoms with E-state index in [1.807, 2.05) is 24.3 Å². The number of nitrogens with one attached hydrogen (secondary N) is 1. The summed E-state index contributed by atoms with van der Waals surface area (Å²) in [5.74, 6) is -0.112. The van der Waals surface area contributed by atoms with E-state index in [4.69, 9.17) is 4.74 Å². The summed E-state index contributed by atoms with van der Waals surface area (Å²) in [5.41, 5.74) is 2.29. The maximum atomic E-state index is 13.0. The fourth-order valence-electron chi connectivity index (χ4n) is 3.73. The van der Waals surface area contributed by atoms with E-state index < -0.39 is 15.1 Å². The number of para-hydroxylation sites is 1. The number of carbonyl (C=O) groups is 2. The molecule has 1 atom stereocenters. The molecule has 2 aliphatic rings. The third kappa shape index (κ3) is 3.72. The number of hydrogen-bond donors (Lipinski definition) is 1. The summed E-state index contributed by atoms with van der Waals surface area (Å²) in [4.78, 5) is 26.2. The molecule has 2 aromatic rings. The van der Waals surface area contributed by atoms with Crippen molar-refractivity contribution in [1.29, 1.82) is 0 Å². The Morgan fingerprint density at radius 1 is 1.24 bits per heavy atom. The van der Waals surface area contributed by atoms with Crippen LogP contribution in [0.5, 0.6) is 5.75 Å². The molecule has 1 N–H and O–H groups in total. The second kappa shape index (κ2) is 7.51. The number of carbonyl (C=O) groups excluding carboxylic acids is 2. The number of rotatable bonds is 4. The summed E-state index contributed by atoms with van der Waals surface area (Å²) in [7, 11) is -3.76. The highest BCUT2D eigenvalue weighted by molar-refractivity contribution is 7.92. The van der Waals surface area contributed by atoms with Crippen molar-refractivity contribution in [3.63, 3.8) is 0 Å². The van der Waals surface area contributed by atoms with Crippen LogP contribution in [0.1, 0.15) is 25.3 Å². The lowest BCUT2D eigenvalue weighted by Gasteiger charge is -2.30. The molecular weight excluding hydrogens is 392 g/mol. The molecule has 2 aromatic carbocycles. The lowest BCUT2D eigenvalue weighted by molar-refractivity contribution is -0.119. The Kier molecular flexibility index (Phi) is 5.04. The first-order valence-electron chi connectivity index (χ1n) is 9.55. The molecule has 0 aromatic heterocycles. The third-order valence-electron chi connectivity index (χ3n) is 5.32. The quantitative estimate of drug-likeness (QED) is 0.830. The van der Waals surface area contributed by atoms with Gasteiger partial charge in [0.05, 0.1) is 15.8 Å². The Bertz CT molecular complexity index is 1080. The zero-order valence-corrected chi connectivity index (χ0v) is 16.9. The Labute approximate surface area is 169 Å². The van der Waals surface area contributed by atoms with Gasteiger partial charge in [-0.05, 0) is 49.6 Å². The highest BCUT2D eigenvalue weighted by atomic mass is 32.2. The summed E-state index contributed by atoms with van der Waals surface area (Å²) < 4.78 is 31.4. The number of benzene rings is 2. The molecule has 2 heterocycles. The van der Waals surface area contributed by atoms with E-state index in [1.165, 1.54) is 25.1 Å². The zero-order chi connectivity index (χ0) is 20.6. The minimum Gasteiger partial charge on any atom is -0.482 e. The van der Waals surface area contributed by atoms with E-state index in [1.54, 1.807) is 4.90 Å². The molecule has 0 aliphatic carbocycles. The summed E-state index contributed by atoms with van der Waals surface area (Å²) in [6.07, 6.45) is 1.65. The van der Waals surface area contributed by atoms with Crippen LogP contribution in [0.15, 0.2) is 47.4 Å². The number of ether oxygens (including phenoxy) is 1. The maximum absolute atomic E-state index is 13.0. The lowest BCUT2D eigenvalue weighted by Crippen LogP contribution is -2.38. The molecule has 0 bridgehead atoms. The van der Waals surface area contributed by atoms with Gasteiger partial charge in [0.25, 0.3) is 5.91 Å². The predicted molar refractivity (Wildman–Crippen MR) is 109 cm³/mol. The Morgan fingerprint density at radius 2 is 2.03 bits per heavy atom. The SMILES string of the molecule is C[C@@H](CC(=O)N1CCCc2ccccc21)S(=O)(=O)c1ccc2c(c1)NC(=O)CO2. The van der Waals surface area contributed by atoms with Crippen LogP contribution in [0, 0.1) is 0 Å². The molecule has 0 radical (unpaired) electrons. The highest BCUT2D eigenvalue weighted by Gasteiger charge is 2.31. The van der Waals surface area contributed by atoms with E-state index in [2.05, 4.69) is 5.32 Å². The first kappa shape index (κ1) is 19.4. The van der Waals surface area contributed by atoms with Crippen LogP contribution in [0.3, 0.4) is 0 Å². The average Bonchev–Trinajstić information content (AvgIpc) is 2.72. The highest BCUT2D eigenvalue weighted by Crippen LogP contribution is 2.32. The fraction of sp³-hybridized carbons (Fsp3) is 0.333. The van der Waals surface area contributed by atoms with Gasteiger partial charge in [-0.3, -0.25) is 9.59 Å². The number of aryl methyl sites for hydroxylation is 1. The van der Waals surface area contributed by atoms with Gasteiger partial charge in [0.15, 0.2) is 16.4 Å². The molecule has 7 nitrogen and oxygen atoms in total. The topological polar surface area (TPSA) is 92.8 Å². The van der Waals surface area contributed by atoms with Crippen LogP contribution in [-0.2, 0) is 25.8 Å². The molecule has 0 fully saturated rings. The van der Waals surface area contributed by atoms with Crippen molar-refractivity contribution in [1.82, 2.24) is 0 Å². The van der Waals surface area contributed by atoms with Crippen LogP contribution < -0.4 is 15.0 Å². The van der Waals surface area contributed by atoms with Gasteiger partial charge in [-0.15, -0.1) is 0 Å². The standard InChI is InChI=1S/C21H22N2O5S/c1-14(11-21(25)23-10-4-6-15-5-2-3-7-18(15)23)29(26,27)16-8-9-19-17(12-16)22-20(24)13-28-19/h2-3,5,7-9,12,14H,4,6,10-11,13H2,1H3,(H,22,24)/t14-/m0/s1. The first-order chi connectivity index (χ1) is 13.9. The Balaban J connectivity index is 1.54. The number of fused-ring (bicyclic) bond motifs is 2. The number of anilines is 2. The second-order valence-electron chi connectivity index (χ2n) is 7.33. The van der Waals surface area contributed by atoms with Crippen LogP contribution in [0.25, 0.3) is 0 Å². The van der Waals surface area contributed by atoms with E-state index in [0.717, 1.165) is 24.1 Å². The summed E-state index contributed by atoms with van der Waals surface area (Å²) in [6.45, 7) is 2.03. The van der Waals surface area contributed by atoms with Gasteiger partial charge in [-0.2, -0.15) is 0 Å². The van der Waals surface area contributed by atoms with Gasteiger partial charge in [0, 0.05) is 18.7 Å². The van der Waals surface area contributed by atoms with Crippen molar-refractivity contribution in [2.75, 3.05) is 23.4 Å². The molecule has 8 heteroatoms. The van der Waals surface area contributed by atoms with Crippen molar-refractivity contribution in [2.45, 2.75) is 36.3 Å². The minimum atomic E-state index is -3.76. The zero-order valence-electron chi connectivity index (χ0n) is 16.1. The second-order valence-corrected chi connectivity index (χ2v) is 9.70. The number of hydrogen-bond acceptors (Lipinski definition) is 5. The van der Waals surface area contributed by atoms with Gasteiger partial charge in [-0.25, -0.2) is 8.42 Å². The van der Waals surface area contributed by atoms with Crippen molar-refractivity contribution in [3.8, 4) is 5.75 Å². The number of amides is 2. The Hall–Kier alpha value is -2.87. The number of nitrogens with zero attached hydrogens (tertiary/aromatic N) is 1. The molecule has 2 amide bonds. The third-order valence-corrected chi connectivity index (χ3v) is 7.45. The van der Waals surface area contributed by atoms with E-state index in [9.17, 15) is 18.0 Å². The molecule has 0 saturated heterocycles. The monoisotopic (exact) mass is 414 g/mol. The van der Waals surface area contributed by atoms with E-state index in [0.29, 0.717) is 18.0 Å². The number of sulfone groups is 1. The summed E-state index contributed by atoms with van der Waals surface area (Å²) in [6, 6.07) is 12.1. The molecule has 0 spiro atoms. The van der Waals surface area contributed by atoms with Gasteiger partial charge >= 0.3 is 0 Å². The molecule has 152 valence electrons. The molecule has 2 aliphatic heterocycles. The maximum Gasteiger partial charge on any atom is 0.262 e. The Morgan fingerprint density at radius 3 is 2.86 bits per heavy atom. The molecule has 4 rings (SSSR count). The molecular formula is C21H22N2O5S. The molecule has 29 heavy (non-hydrogen) atoms. The van der Waals surface area contributed by atoms with Gasteiger partial charge < -0.3 is 15.0 Å². The predicted octanol–water partition coefficient (Wildman–Crippen LogP) is 2.55. The van der Waals surface area contributed by atoms with Gasteiger partial charge in [-0.1, -0.05) is 18.2 Å². The van der Waals surface area contributed by atoms with E-state index in [-0.39, 0.29) is 29.7 Å². The van der Waals surface area contributed by atoms with E-state index >= 15 is 0 Å². The van der Waals surface area contributed by atoms with Crippen molar-refractivity contribution in [2.24, 2.45) is 0 Å². The van der Waals surface area contributed by atoms with Crippen LogP contribution in [-0.4, -0.2) is 38.6 Å². The molecule has 0 unspecified atom stereocenters. The van der Waals surface area contributed by atoms with Crippen LogP contribution >= 0.6 is 0 Å². The lowest BCUT2D eigenvalue weighted by atomic mass is 10.0. The largest absolute Gasteiger partial charge is 0.482 e. The van der Waals surface area contributed by atoms with Crippen molar-refractivity contribution in [3.05, 3.63) is 48.0 Å². The smallest absolute Gasteiger partial charge is 0.262 e. The minimum absolute atomic E-state index is 0.0568. The van der Waals surface area contributed by atoms with Crippen LogP contribution in [0.4, 0.5) is 11.4 Å².